The highest BCUT2D eigenvalue weighted by Crippen LogP contribution is 2.20. The van der Waals surface area contributed by atoms with Crippen molar-refractivity contribution in [2.45, 2.75) is 64.1 Å². The summed E-state index contributed by atoms with van der Waals surface area (Å²) in [7, 11) is 0. The molecule has 2 aromatic rings. The summed E-state index contributed by atoms with van der Waals surface area (Å²) in [6, 6.07) is 12.6. The SMILES string of the molecule is CC[C@H](C(=O)NC1CCCCC1)N(Cc1ccc(Cl)cc1)C(=O)COc1ccccc1F. The van der Waals surface area contributed by atoms with E-state index in [2.05, 4.69) is 5.32 Å². The zero-order chi connectivity index (χ0) is 22.9. The molecule has 2 aromatic carbocycles. The van der Waals surface area contributed by atoms with Crippen LogP contribution in [0.15, 0.2) is 48.5 Å². The van der Waals surface area contributed by atoms with E-state index in [0.717, 1.165) is 31.2 Å². The molecule has 1 atom stereocenters. The zero-order valence-electron chi connectivity index (χ0n) is 18.4. The lowest BCUT2D eigenvalue weighted by molar-refractivity contribution is -0.143. The predicted molar refractivity (Wildman–Crippen MR) is 123 cm³/mol. The quantitative estimate of drug-likeness (QED) is 0.565. The van der Waals surface area contributed by atoms with Crippen molar-refractivity contribution in [1.82, 2.24) is 10.2 Å². The maximum absolute atomic E-state index is 13.9. The molecule has 0 radical (unpaired) electrons. The van der Waals surface area contributed by atoms with Crippen LogP contribution in [0.2, 0.25) is 5.02 Å². The topological polar surface area (TPSA) is 58.6 Å². The highest BCUT2D eigenvalue weighted by atomic mass is 35.5. The molecule has 0 heterocycles. The van der Waals surface area contributed by atoms with Crippen molar-refractivity contribution in [3.63, 3.8) is 0 Å². The Kier molecular flexibility index (Phi) is 8.91. The zero-order valence-corrected chi connectivity index (χ0v) is 19.1. The van der Waals surface area contributed by atoms with Gasteiger partial charge in [-0.15, -0.1) is 0 Å². The molecule has 3 rings (SSSR count). The molecule has 1 saturated carbocycles. The highest BCUT2D eigenvalue weighted by Gasteiger charge is 2.30. The summed E-state index contributed by atoms with van der Waals surface area (Å²) < 4.78 is 19.4. The molecular weight excluding hydrogens is 431 g/mol. The van der Waals surface area contributed by atoms with Gasteiger partial charge >= 0.3 is 0 Å². The Labute approximate surface area is 193 Å². The molecule has 0 aliphatic heterocycles. The van der Waals surface area contributed by atoms with Gasteiger partial charge in [0.15, 0.2) is 18.2 Å². The average Bonchev–Trinajstić information content (AvgIpc) is 2.80. The Bertz CT molecular complexity index is 900. The van der Waals surface area contributed by atoms with Crippen LogP contribution in [-0.2, 0) is 16.1 Å². The van der Waals surface area contributed by atoms with Crippen molar-refractivity contribution in [2.24, 2.45) is 0 Å². The normalized spacial score (nSPS) is 15.1. The van der Waals surface area contributed by atoms with Gasteiger partial charge in [0.05, 0.1) is 0 Å². The number of amides is 2. The third-order valence-corrected chi connectivity index (χ3v) is 6.04. The second kappa shape index (κ2) is 11.9. The maximum Gasteiger partial charge on any atom is 0.261 e. The molecule has 0 spiro atoms. The minimum Gasteiger partial charge on any atom is -0.481 e. The van der Waals surface area contributed by atoms with E-state index in [-0.39, 0.29) is 36.8 Å². The number of nitrogens with one attached hydrogen (secondary N) is 1. The van der Waals surface area contributed by atoms with Crippen LogP contribution < -0.4 is 10.1 Å². The molecule has 7 heteroatoms. The molecular formula is C25H30ClFN2O3. The molecule has 32 heavy (non-hydrogen) atoms. The van der Waals surface area contributed by atoms with E-state index >= 15 is 0 Å². The summed E-state index contributed by atoms with van der Waals surface area (Å²) in [6.07, 6.45) is 5.78. The van der Waals surface area contributed by atoms with Crippen LogP contribution >= 0.6 is 11.6 Å². The lowest BCUT2D eigenvalue weighted by atomic mass is 9.95. The number of halogens is 2. The molecule has 2 amide bonds. The summed E-state index contributed by atoms with van der Waals surface area (Å²) in [5.41, 5.74) is 0.845. The summed E-state index contributed by atoms with van der Waals surface area (Å²) >= 11 is 5.99. The summed E-state index contributed by atoms with van der Waals surface area (Å²) in [4.78, 5) is 27.8. The van der Waals surface area contributed by atoms with Gasteiger partial charge in [-0.05, 0) is 49.1 Å². The Morgan fingerprint density at radius 2 is 1.81 bits per heavy atom. The fourth-order valence-corrected chi connectivity index (χ4v) is 4.16. The van der Waals surface area contributed by atoms with Crippen molar-refractivity contribution in [1.29, 1.82) is 0 Å². The third kappa shape index (κ3) is 6.70. The van der Waals surface area contributed by atoms with E-state index in [4.69, 9.17) is 16.3 Å². The van der Waals surface area contributed by atoms with Crippen LogP contribution in [0.5, 0.6) is 5.75 Å². The van der Waals surface area contributed by atoms with Gasteiger partial charge in [-0.1, -0.05) is 62.1 Å². The average molecular weight is 461 g/mol. The van der Waals surface area contributed by atoms with E-state index in [1.54, 1.807) is 24.3 Å². The number of ether oxygens (including phenoxy) is 1. The first-order valence-electron chi connectivity index (χ1n) is 11.2. The number of hydrogen-bond acceptors (Lipinski definition) is 3. The summed E-state index contributed by atoms with van der Waals surface area (Å²) in [5, 5.41) is 3.72. The van der Waals surface area contributed by atoms with E-state index in [0.29, 0.717) is 11.4 Å². The van der Waals surface area contributed by atoms with Crippen LogP contribution in [0.3, 0.4) is 0 Å². The third-order valence-electron chi connectivity index (χ3n) is 5.79. The molecule has 5 nitrogen and oxygen atoms in total. The van der Waals surface area contributed by atoms with Gasteiger partial charge in [-0.3, -0.25) is 9.59 Å². The molecule has 0 unspecified atom stereocenters. The Morgan fingerprint density at radius 1 is 1.12 bits per heavy atom. The predicted octanol–water partition coefficient (Wildman–Crippen LogP) is 5.11. The number of carbonyl (C=O) groups excluding carboxylic acids is 2. The lowest BCUT2D eigenvalue weighted by Crippen LogP contribution is -2.52. The molecule has 172 valence electrons. The fourth-order valence-electron chi connectivity index (χ4n) is 4.03. The van der Waals surface area contributed by atoms with Gasteiger partial charge in [0, 0.05) is 17.6 Å². The minimum absolute atomic E-state index is 0.00648. The number of benzene rings is 2. The van der Waals surface area contributed by atoms with Crippen LogP contribution in [0.1, 0.15) is 51.0 Å². The first-order chi connectivity index (χ1) is 15.5. The van der Waals surface area contributed by atoms with Crippen LogP contribution in [-0.4, -0.2) is 35.4 Å². The molecule has 0 aromatic heterocycles. The lowest BCUT2D eigenvalue weighted by Gasteiger charge is -2.32. The van der Waals surface area contributed by atoms with E-state index in [1.807, 2.05) is 19.1 Å². The molecule has 1 aliphatic rings. The largest absolute Gasteiger partial charge is 0.481 e. The number of hydrogen-bond donors (Lipinski definition) is 1. The number of rotatable bonds is 9. The molecule has 0 saturated heterocycles. The highest BCUT2D eigenvalue weighted by molar-refractivity contribution is 6.30. The van der Waals surface area contributed by atoms with Crippen molar-refractivity contribution < 1.29 is 18.7 Å². The first-order valence-corrected chi connectivity index (χ1v) is 11.6. The molecule has 0 bridgehead atoms. The molecule has 1 aliphatic carbocycles. The van der Waals surface area contributed by atoms with Gasteiger partial charge < -0.3 is 15.0 Å². The van der Waals surface area contributed by atoms with E-state index in [1.165, 1.54) is 23.5 Å². The standard InChI is InChI=1S/C25H30ClFN2O3/c1-2-22(25(31)28-20-8-4-3-5-9-20)29(16-18-12-14-19(26)15-13-18)24(30)17-32-23-11-7-6-10-21(23)27/h6-7,10-15,20,22H,2-5,8-9,16-17H2,1H3,(H,28,31)/t22-/m1/s1. The van der Waals surface area contributed by atoms with Gasteiger partial charge in [0.25, 0.3) is 5.91 Å². The van der Waals surface area contributed by atoms with Gasteiger partial charge in [-0.2, -0.15) is 0 Å². The molecule has 1 N–H and O–H groups in total. The summed E-state index contributed by atoms with van der Waals surface area (Å²) in [6.45, 7) is 1.75. The number of carbonyl (C=O) groups is 2. The number of para-hydroxylation sites is 1. The monoisotopic (exact) mass is 460 g/mol. The number of nitrogens with zero attached hydrogens (tertiary/aromatic N) is 1. The van der Waals surface area contributed by atoms with E-state index in [9.17, 15) is 14.0 Å². The van der Waals surface area contributed by atoms with Crippen LogP contribution in [0.4, 0.5) is 4.39 Å². The second-order valence-corrected chi connectivity index (χ2v) is 8.57. The van der Waals surface area contributed by atoms with E-state index < -0.39 is 11.9 Å². The second-order valence-electron chi connectivity index (χ2n) is 8.13. The fraction of sp³-hybridized carbons (Fsp3) is 0.440. The smallest absolute Gasteiger partial charge is 0.261 e. The van der Waals surface area contributed by atoms with Crippen molar-refractivity contribution in [3.05, 3.63) is 64.9 Å². The van der Waals surface area contributed by atoms with Gasteiger partial charge in [0.1, 0.15) is 6.04 Å². The van der Waals surface area contributed by atoms with Crippen LogP contribution in [0, 0.1) is 5.82 Å². The van der Waals surface area contributed by atoms with Gasteiger partial charge in [0.2, 0.25) is 5.91 Å². The van der Waals surface area contributed by atoms with Crippen molar-refractivity contribution in [3.8, 4) is 5.75 Å². The van der Waals surface area contributed by atoms with Gasteiger partial charge in [-0.25, -0.2) is 4.39 Å². The Balaban J connectivity index is 1.75. The van der Waals surface area contributed by atoms with Crippen molar-refractivity contribution >= 4 is 23.4 Å². The van der Waals surface area contributed by atoms with Crippen molar-refractivity contribution in [2.75, 3.05) is 6.61 Å². The first kappa shape index (κ1) is 24.1. The maximum atomic E-state index is 13.9. The minimum atomic E-state index is -0.649. The Hall–Kier alpha value is -2.60. The molecule has 1 fully saturated rings. The van der Waals surface area contributed by atoms with Crippen LogP contribution in [0.25, 0.3) is 0 Å². The Morgan fingerprint density at radius 3 is 2.47 bits per heavy atom. The summed E-state index contributed by atoms with van der Waals surface area (Å²) in [5.74, 6) is -1.07.